The molecule has 0 aromatic carbocycles. The Morgan fingerprint density at radius 3 is 2.58 bits per heavy atom. The van der Waals surface area contributed by atoms with Crippen molar-refractivity contribution in [3.63, 3.8) is 0 Å². The van der Waals surface area contributed by atoms with Gasteiger partial charge in [-0.2, -0.15) is 4.98 Å². The molecule has 0 spiro atoms. The maximum Gasteiger partial charge on any atom is 0.227 e. The van der Waals surface area contributed by atoms with Gasteiger partial charge in [-0.15, -0.1) is 11.3 Å². The van der Waals surface area contributed by atoms with Crippen LogP contribution in [0.3, 0.4) is 0 Å². The molecule has 0 amide bonds. The number of nitrogens with zero attached hydrogens (tertiary/aromatic N) is 6. The van der Waals surface area contributed by atoms with E-state index in [1.165, 1.54) is 4.88 Å². The molecule has 0 unspecified atom stereocenters. The number of hydrogen-bond donors (Lipinski definition) is 0. The Morgan fingerprint density at radius 2 is 1.88 bits per heavy atom. The predicted molar refractivity (Wildman–Crippen MR) is 106 cm³/mol. The topological polar surface area (TPSA) is 57.6 Å². The SMILES string of the molecule is Cc1cnc(N2CCC(N(C)c3ccnc(N4CCOCC4)n3)CC2)s1. The second-order valence-electron chi connectivity index (χ2n) is 6.90. The average Bonchev–Trinajstić information content (AvgIpc) is 3.15. The van der Waals surface area contributed by atoms with Gasteiger partial charge in [-0.05, 0) is 25.8 Å². The van der Waals surface area contributed by atoms with Crippen LogP contribution >= 0.6 is 11.3 Å². The van der Waals surface area contributed by atoms with Gasteiger partial charge in [-0.1, -0.05) is 0 Å². The van der Waals surface area contributed by atoms with Crippen LogP contribution in [0.5, 0.6) is 0 Å². The Bertz CT molecular complexity index is 724. The molecule has 2 aromatic heterocycles. The zero-order chi connectivity index (χ0) is 17.9. The lowest BCUT2D eigenvalue weighted by Crippen LogP contribution is -2.44. The van der Waals surface area contributed by atoms with Gasteiger partial charge in [0.05, 0.1) is 13.2 Å². The second kappa shape index (κ2) is 7.75. The molecule has 2 aromatic rings. The molecule has 4 rings (SSSR count). The van der Waals surface area contributed by atoms with Gasteiger partial charge >= 0.3 is 0 Å². The first kappa shape index (κ1) is 17.5. The molecule has 0 bridgehead atoms. The minimum atomic E-state index is 0.500. The summed E-state index contributed by atoms with van der Waals surface area (Å²) in [5.74, 6) is 1.82. The number of anilines is 3. The molecule has 2 aliphatic rings. The van der Waals surface area contributed by atoms with Crippen LogP contribution in [0, 0.1) is 6.92 Å². The summed E-state index contributed by atoms with van der Waals surface area (Å²) in [6.07, 6.45) is 6.07. The number of ether oxygens (including phenoxy) is 1. The molecular weight excluding hydrogens is 348 g/mol. The molecule has 26 heavy (non-hydrogen) atoms. The van der Waals surface area contributed by atoms with Crippen molar-refractivity contribution in [1.29, 1.82) is 0 Å². The Kier molecular flexibility index (Phi) is 5.21. The lowest BCUT2D eigenvalue weighted by atomic mass is 10.0. The first-order valence-corrected chi connectivity index (χ1v) is 10.1. The molecule has 4 heterocycles. The summed E-state index contributed by atoms with van der Waals surface area (Å²) in [6, 6.07) is 2.51. The Hall–Kier alpha value is -1.93. The number of hydrogen-bond acceptors (Lipinski definition) is 8. The van der Waals surface area contributed by atoms with E-state index in [1.807, 2.05) is 18.5 Å². The summed E-state index contributed by atoms with van der Waals surface area (Å²) in [5.41, 5.74) is 0. The highest BCUT2D eigenvalue weighted by Crippen LogP contribution is 2.27. The molecule has 8 heteroatoms. The molecule has 2 aliphatic heterocycles. The van der Waals surface area contributed by atoms with E-state index in [9.17, 15) is 0 Å². The molecule has 2 fully saturated rings. The second-order valence-corrected chi connectivity index (χ2v) is 8.11. The summed E-state index contributed by atoms with van der Waals surface area (Å²) >= 11 is 1.78. The van der Waals surface area contributed by atoms with E-state index in [2.05, 4.69) is 38.6 Å². The third-order valence-electron chi connectivity index (χ3n) is 5.18. The molecule has 0 aliphatic carbocycles. The fraction of sp³-hybridized carbons (Fsp3) is 0.611. The number of aryl methyl sites for hydroxylation is 1. The third-order valence-corrected chi connectivity index (χ3v) is 6.15. The maximum absolute atomic E-state index is 5.43. The fourth-order valence-corrected chi connectivity index (χ4v) is 4.38. The minimum absolute atomic E-state index is 0.500. The predicted octanol–water partition coefficient (Wildman–Crippen LogP) is 2.18. The molecule has 0 atom stereocenters. The van der Waals surface area contributed by atoms with Crippen molar-refractivity contribution >= 4 is 28.2 Å². The zero-order valence-corrected chi connectivity index (χ0v) is 16.3. The number of piperidine rings is 1. The third kappa shape index (κ3) is 3.76. The van der Waals surface area contributed by atoms with Gasteiger partial charge in [0, 0.05) is 56.5 Å². The number of morpholine rings is 1. The van der Waals surface area contributed by atoms with E-state index < -0.39 is 0 Å². The van der Waals surface area contributed by atoms with Crippen LogP contribution in [0.2, 0.25) is 0 Å². The van der Waals surface area contributed by atoms with Gasteiger partial charge < -0.3 is 19.4 Å². The van der Waals surface area contributed by atoms with E-state index >= 15 is 0 Å². The van der Waals surface area contributed by atoms with Crippen LogP contribution < -0.4 is 14.7 Å². The summed E-state index contributed by atoms with van der Waals surface area (Å²) in [4.78, 5) is 22.0. The summed E-state index contributed by atoms with van der Waals surface area (Å²) < 4.78 is 5.43. The molecule has 2 saturated heterocycles. The Labute approximate surface area is 158 Å². The zero-order valence-electron chi connectivity index (χ0n) is 15.5. The molecule has 0 saturated carbocycles. The highest BCUT2D eigenvalue weighted by molar-refractivity contribution is 7.15. The Balaban J connectivity index is 1.39. The lowest BCUT2D eigenvalue weighted by Gasteiger charge is -2.37. The molecule has 7 nitrogen and oxygen atoms in total. The van der Waals surface area contributed by atoms with Gasteiger partial charge in [0.25, 0.3) is 0 Å². The van der Waals surface area contributed by atoms with Crippen molar-refractivity contribution in [2.24, 2.45) is 0 Å². The van der Waals surface area contributed by atoms with E-state index in [1.54, 1.807) is 11.3 Å². The normalized spacial score (nSPS) is 19.0. The molecule has 140 valence electrons. The first-order valence-electron chi connectivity index (χ1n) is 9.26. The molecular formula is C18H26N6OS. The first-order chi connectivity index (χ1) is 12.7. The van der Waals surface area contributed by atoms with E-state index in [0.29, 0.717) is 6.04 Å². The quantitative estimate of drug-likeness (QED) is 0.813. The summed E-state index contributed by atoms with van der Waals surface area (Å²) in [5, 5.41) is 1.15. The molecule has 0 N–H and O–H groups in total. The Morgan fingerprint density at radius 1 is 1.12 bits per heavy atom. The monoisotopic (exact) mass is 374 g/mol. The highest BCUT2D eigenvalue weighted by atomic mass is 32.1. The van der Waals surface area contributed by atoms with Crippen LogP contribution in [0.15, 0.2) is 18.5 Å². The van der Waals surface area contributed by atoms with E-state index in [0.717, 1.165) is 69.1 Å². The number of rotatable bonds is 4. The van der Waals surface area contributed by atoms with Gasteiger partial charge in [-0.3, -0.25) is 0 Å². The number of thiazole rings is 1. The van der Waals surface area contributed by atoms with E-state index in [4.69, 9.17) is 9.72 Å². The molecule has 0 radical (unpaired) electrons. The van der Waals surface area contributed by atoms with Crippen LogP contribution in [0.1, 0.15) is 17.7 Å². The van der Waals surface area contributed by atoms with Gasteiger partial charge in [0.1, 0.15) is 5.82 Å². The van der Waals surface area contributed by atoms with Crippen molar-refractivity contribution in [2.75, 3.05) is 61.1 Å². The maximum atomic E-state index is 5.43. The summed E-state index contributed by atoms with van der Waals surface area (Å²) in [6.45, 7) is 7.42. The fourth-order valence-electron chi connectivity index (χ4n) is 3.57. The van der Waals surface area contributed by atoms with Gasteiger partial charge in [-0.25, -0.2) is 9.97 Å². The van der Waals surface area contributed by atoms with Crippen LogP contribution in [-0.4, -0.2) is 67.4 Å². The highest BCUT2D eigenvalue weighted by Gasteiger charge is 2.25. The van der Waals surface area contributed by atoms with Crippen LogP contribution in [-0.2, 0) is 4.74 Å². The number of aromatic nitrogens is 3. The van der Waals surface area contributed by atoms with Gasteiger partial charge in [0.15, 0.2) is 5.13 Å². The van der Waals surface area contributed by atoms with E-state index in [-0.39, 0.29) is 0 Å². The van der Waals surface area contributed by atoms with Crippen LogP contribution in [0.25, 0.3) is 0 Å². The average molecular weight is 375 g/mol. The minimum Gasteiger partial charge on any atom is -0.378 e. The van der Waals surface area contributed by atoms with Crippen molar-refractivity contribution in [3.8, 4) is 0 Å². The standard InChI is InChI=1S/C18H26N6OS/c1-14-13-20-18(26-14)24-7-4-15(5-8-24)22(2)16-3-6-19-17(21-16)23-9-11-25-12-10-23/h3,6,13,15H,4-5,7-12H2,1-2H3. The van der Waals surface area contributed by atoms with Gasteiger partial charge in [0.2, 0.25) is 5.95 Å². The van der Waals surface area contributed by atoms with Crippen LogP contribution in [0.4, 0.5) is 16.9 Å². The lowest BCUT2D eigenvalue weighted by molar-refractivity contribution is 0.122. The van der Waals surface area contributed by atoms with Crippen molar-refractivity contribution in [3.05, 3.63) is 23.3 Å². The van der Waals surface area contributed by atoms with Crippen molar-refractivity contribution < 1.29 is 4.74 Å². The smallest absolute Gasteiger partial charge is 0.227 e. The summed E-state index contributed by atoms with van der Waals surface area (Å²) in [7, 11) is 2.15. The van der Waals surface area contributed by atoms with Crippen molar-refractivity contribution in [1.82, 2.24) is 15.0 Å². The van der Waals surface area contributed by atoms with Crippen molar-refractivity contribution in [2.45, 2.75) is 25.8 Å². The largest absolute Gasteiger partial charge is 0.378 e.